The van der Waals surface area contributed by atoms with E-state index in [1.807, 2.05) is 16.7 Å². The van der Waals surface area contributed by atoms with Crippen LogP contribution in [0.4, 0.5) is 4.79 Å². The van der Waals surface area contributed by atoms with Crippen molar-refractivity contribution < 1.29 is 4.79 Å². The lowest BCUT2D eigenvalue weighted by Crippen LogP contribution is -2.50. The molecule has 23 heavy (non-hydrogen) atoms. The van der Waals surface area contributed by atoms with Crippen LogP contribution in [-0.2, 0) is 0 Å². The van der Waals surface area contributed by atoms with Crippen molar-refractivity contribution in [3.8, 4) is 0 Å². The van der Waals surface area contributed by atoms with Crippen LogP contribution < -0.4 is 5.32 Å². The highest BCUT2D eigenvalue weighted by Gasteiger charge is 2.26. The number of carbonyl (C=O) groups is 1. The number of rotatable bonds is 5. The minimum absolute atomic E-state index is 0.126. The Bertz CT molecular complexity index is 372. The van der Waals surface area contributed by atoms with Crippen LogP contribution in [0, 0.1) is 11.8 Å². The Morgan fingerprint density at radius 3 is 2.52 bits per heavy atom. The molecule has 2 heterocycles. The van der Waals surface area contributed by atoms with Crippen LogP contribution in [0.25, 0.3) is 0 Å². The summed E-state index contributed by atoms with van der Waals surface area (Å²) in [5.74, 6) is 2.20. The molecule has 2 aliphatic heterocycles. The first-order valence-electron chi connectivity index (χ1n) is 9.01. The molecule has 5 nitrogen and oxygen atoms in total. The summed E-state index contributed by atoms with van der Waals surface area (Å²) in [6.07, 6.45) is 0. The fourth-order valence-electron chi connectivity index (χ4n) is 3.17. The number of urea groups is 1. The number of nitrogens with one attached hydrogen (secondary N) is 1. The van der Waals surface area contributed by atoms with E-state index in [4.69, 9.17) is 0 Å². The number of piperazine rings is 1. The van der Waals surface area contributed by atoms with Gasteiger partial charge in [-0.3, -0.25) is 0 Å². The largest absolute Gasteiger partial charge is 0.338 e. The normalized spacial score (nSPS) is 25.6. The topological polar surface area (TPSA) is 38.8 Å². The van der Waals surface area contributed by atoms with Crippen molar-refractivity contribution in [2.75, 3.05) is 65.2 Å². The van der Waals surface area contributed by atoms with Crippen LogP contribution in [0.1, 0.15) is 20.8 Å². The summed E-state index contributed by atoms with van der Waals surface area (Å²) in [5.41, 5.74) is 0. The smallest absolute Gasteiger partial charge is 0.317 e. The molecule has 0 radical (unpaired) electrons. The fraction of sp³-hybridized carbons (Fsp3) is 0.941. The summed E-state index contributed by atoms with van der Waals surface area (Å²) in [6, 6.07) is 0.126. The zero-order chi connectivity index (χ0) is 16.8. The van der Waals surface area contributed by atoms with Gasteiger partial charge in [0.1, 0.15) is 0 Å². The van der Waals surface area contributed by atoms with Gasteiger partial charge in [0.05, 0.1) is 0 Å². The lowest BCUT2D eigenvalue weighted by atomic mass is 10.1. The summed E-state index contributed by atoms with van der Waals surface area (Å²) >= 11 is 2.01. The third-order valence-corrected chi connectivity index (χ3v) is 6.43. The predicted molar refractivity (Wildman–Crippen MR) is 99.2 cm³/mol. The molecule has 2 aliphatic rings. The van der Waals surface area contributed by atoms with Gasteiger partial charge in [0.25, 0.3) is 0 Å². The molecule has 0 aromatic carbocycles. The Balaban J connectivity index is 1.67. The standard InChI is InChI=1S/C17H34N4OS/c1-14(2)16-13-21(9-10-23-16)17(22)18-11-15(3)12-20-7-5-19(4)6-8-20/h14-16H,5-13H2,1-4H3,(H,18,22)/t15-,16+/m0/s1. The Morgan fingerprint density at radius 2 is 1.87 bits per heavy atom. The second-order valence-corrected chi connectivity index (χ2v) is 8.84. The van der Waals surface area contributed by atoms with Crippen molar-refractivity contribution in [3.63, 3.8) is 0 Å². The number of thioether (sulfide) groups is 1. The van der Waals surface area contributed by atoms with Gasteiger partial charge in [0.15, 0.2) is 0 Å². The third kappa shape index (κ3) is 6.16. The predicted octanol–water partition coefficient (Wildman–Crippen LogP) is 1.65. The maximum absolute atomic E-state index is 12.4. The summed E-state index contributed by atoms with van der Waals surface area (Å²) in [5, 5.41) is 3.73. The molecule has 134 valence electrons. The Labute approximate surface area is 146 Å². The van der Waals surface area contributed by atoms with Crippen LogP contribution in [0.3, 0.4) is 0 Å². The first kappa shape index (κ1) is 18.9. The van der Waals surface area contributed by atoms with E-state index < -0.39 is 0 Å². The summed E-state index contributed by atoms with van der Waals surface area (Å²) in [7, 11) is 2.18. The quantitative estimate of drug-likeness (QED) is 0.825. The monoisotopic (exact) mass is 342 g/mol. The van der Waals surface area contributed by atoms with E-state index in [0.29, 0.717) is 17.1 Å². The highest BCUT2D eigenvalue weighted by atomic mass is 32.2. The lowest BCUT2D eigenvalue weighted by Gasteiger charge is -2.35. The Morgan fingerprint density at radius 1 is 1.17 bits per heavy atom. The average molecular weight is 343 g/mol. The fourth-order valence-corrected chi connectivity index (χ4v) is 4.47. The molecule has 2 rings (SSSR count). The van der Waals surface area contributed by atoms with E-state index in [0.717, 1.165) is 58.1 Å². The highest BCUT2D eigenvalue weighted by Crippen LogP contribution is 2.24. The van der Waals surface area contributed by atoms with Crippen LogP contribution in [0.5, 0.6) is 0 Å². The molecule has 1 N–H and O–H groups in total. The summed E-state index contributed by atoms with van der Waals surface area (Å²) in [4.78, 5) is 19.3. The first-order chi connectivity index (χ1) is 11.0. The molecule has 0 aromatic rings. The molecule has 2 atom stereocenters. The van der Waals surface area contributed by atoms with E-state index in [1.165, 1.54) is 0 Å². The molecule has 0 aliphatic carbocycles. The van der Waals surface area contributed by atoms with E-state index in [-0.39, 0.29) is 6.03 Å². The third-order valence-electron chi connectivity index (χ3n) is 4.89. The molecule has 2 amide bonds. The molecule has 2 saturated heterocycles. The number of amides is 2. The first-order valence-corrected chi connectivity index (χ1v) is 10.1. The maximum atomic E-state index is 12.4. The van der Waals surface area contributed by atoms with Crippen molar-refractivity contribution in [1.29, 1.82) is 0 Å². The summed E-state index contributed by atoms with van der Waals surface area (Å²) < 4.78 is 0. The highest BCUT2D eigenvalue weighted by molar-refractivity contribution is 8.00. The minimum Gasteiger partial charge on any atom is -0.338 e. The van der Waals surface area contributed by atoms with Gasteiger partial charge in [-0.1, -0.05) is 20.8 Å². The van der Waals surface area contributed by atoms with Gasteiger partial charge in [-0.05, 0) is 18.9 Å². The van der Waals surface area contributed by atoms with Gasteiger partial charge in [-0.15, -0.1) is 0 Å². The number of carbonyl (C=O) groups excluding carboxylic acids is 1. The Hall–Kier alpha value is -0.460. The van der Waals surface area contributed by atoms with Crippen molar-refractivity contribution in [1.82, 2.24) is 20.0 Å². The molecule has 0 saturated carbocycles. The van der Waals surface area contributed by atoms with Crippen molar-refractivity contribution in [2.24, 2.45) is 11.8 Å². The van der Waals surface area contributed by atoms with E-state index in [1.54, 1.807) is 0 Å². The molecule has 0 aromatic heterocycles. The van der Waals surface area contributed by atoms with Crippen molar-refractivity contribution in [2.45, 2.75) is 26.0 Å². The molecule has 0 unspecified atom stereocenters. The molecule has 2 fully saturated rings. The van der Waals surface area contributed by atoms with Gasteiger partial charge in [0.2, 0.25) is 0 Å². The molecule has 6 heteroatoms. The van der Waals surface area contributed by atoms with Gasteiger partial charge >= 0.3 is 6.03 Å². The van der Waals surface area contributed by atoms with E-state index >= 15 is 0 Å². The van der Waals surface area contributed by atoms with Crippen LogP contribution in [-0.4, -0.2) is 91.1 Å². The SMILES string of the molecule is CC(C)[C@H]1CN(C(=O)NC[C@H](C)CN2CCN(C)CC2)CCS1. The minimum atomic E-state index is 0.126. The maximum Gasteiger partial charge on any atom is 0.317 e. The van der Waals surface area contributed by atoms with Crippen LogP contribution in [0.15, 0.2) is 0 Å². The molecule has 0 spiro atoms. The Kier molecular flexibility index (Phi) is 7.50. The van der Waals surface area contributed by atoms with Crippen molar-refractivity contribution in [3.05, 3.63) is 0 Å². The van der Waals surface area contributed by atoms with E-state index in [2.05, 4.69) is 42.9 Å². The number of nitrogens with zero attached hydrogens (tertiary/aromatic N) is 3. The van der Waals surface area contributed by atoms with Gasteiger partial charge in [0, 0.05) is 63.4 Å². The molecular weight excluding hydrogens is 308 g/mol. The molecular formula is C17H34N4OS. The molecule has 0 bridgehead atoms. The van der Waals surface area contributed by atoms with E-state index in [9.17, 15) is 4.79 Å². The van der Waals surface area contributed by atoms with Gasteiger partial charge in [-0.25, -0.2) is 4.79 Å². The van der Waals surface area contributed by atoms with Gasteiger partial charge in [-0.2, -0.15) is 11.8 Å². The van der Waals surface area contributed by atoms with Gasteiger partial charge < -0.3 is 20.0 Å². The second-order valence-electron chi connectivity index (χ2n) is 7.49. The summed E-state index contributed by atoms with van der Waals surface area (Å²) in [6.45, 7) is 15.0. The van der Waals surface area contributed by atoms with Crippen molar-refractivity contribution >= 4 is 17.8 Å². The average Bonchev–Trinajstić information content (AvgIpc) is 2.55. The second kappa shape index (κ2) is 9.14. The number of hydrogen-bond acceptors (Lipinski definition) is 4. The number of likely N-dealkylation sites (N-methyl/N-ethyl adjacent to an activating group) is 1. The zero-order valence-electron chi connectivity index (χ0n) is 15.3. The van der Waals surface area contributed by atoms with Crippen LogP contribution >= 0.6 is 11.8 Å². The zero-order valence-corrected chi connectivity index (χ0v) is 16.1. The van der Waals surface area contributed by atoms with Crippen LogP contribution in [0.2, 0.25) is 0 Å². The lowest BCUT2D eigenvalue weighted by molar-refractivity contribution is 0.137. The number of hydrogen-bond donors (Lipinski definition) is 1.